The lowest BCUT2D eigenvalue weighted by Gasteiger charge is -2.34. The second-order valence-corrected chi connectivity index (χ2v) is 9.58. The van der Waals surface area contributed by atoms with Gasteiger partial charge in [-0.05, 0) is 57.1 Å². The number of benzene rings is 2. The summed E-state index contributed by atoms with van der Waals surface area (Å²) in [4.78, 5) is 6.37. The van der Waals surface area contributed by atoms with Crippen LogP contribution in [0.25, 0.3) is 10.9 Å². The Morgan fingerprint density at radius 3 is 2.83 bits per heavy atom. The number of piperidine rings is 1. The maximum atomic E-state index is 14.9. The van der Waals surface area contributed by atoms with Crippen LogP contribution >= 0.6 is 0 Å². The molecule has 2 N–H and O–H groups in total. The zero-order chi connectivity index (χ0) is 25.3. The smallest absolute Gasteiger partial charge is 0.137 e. The Balaban J connectivity index is 1.45. The molecule has 1 saturated heterocycles. The van der Waals surface area contributed by atoms with Crippen LogP contribution in [-0.2, 0) is 12.1 Å². The highest BCUT2D eigenvalue weighted by atomic mass is 19.1. The van der Waals surface area contributed by atoms with Crippen molar-refractivity contribution in [1.29, 1.82) is 0 Å². The number of halogens is 2. The van der Waals surface area contributed by atoms with Crippen LogP contribution in [0.15, 0.2) is 55.2 Å². The van der Waals surface area contributed by atoms with Crippen LogP contribution in [0.4, 0.5) is 14.5 Å². The largest absolute Gasteiger partial charge is 0.381 e. The molecule has 8 nitrogen and oxygen atoms in total. The Morgan fingerprint density at radius 1 is 1.22 bits per heavy atom. The molecule has 1 aliphatic rings. The molecule has 36 heavy (non-hydrogen) atoms. The maximum Gasteiger partial charge on any atom is 0.137 e. The van der Waals surface area contributed by atoms with E-state index in [0.717, 1.165) is 54.8 Å². The lowest BCUT2D eigenvalue weighted by atomic mass is 9.86. The predicted molar refractivity (Wildman–Crippen MR) is 133 cm³/mol. The number of aliphatic hydroxyl groups is 1. The van der Waals surface area contributed by atoms with E-state index in [9.17, 15) is 13.9 Å². The molecule has 5 rings (SSSR count). The van der Waals surface area contributed by atoms with E-state index < -0.39 is 23.3 Å². The van der Waals surface area contributed by atoms with Crippen molar-refractivity contribution in [1.82, 2.24) is 29.4 Å². The van der Waals surface area contributed by atoms with Crippen LogP contribution in [0.3, 0.4) is 0 Å². The van der Waals surface area contributed by atoms with Crippen molar-refractivity contribution >= 4 is 16.6 Å². The molecule has 4 aromatic rings. The van der Waals surface area contributed by atoms with Crippen molar-refractivity contribution in [2.75, 3.05) is 25.0 Å². The van der Waals surface area contributed by atoms with Crippen molar-refractivity contribution < 1.29 is 13.9 Å². The summed E-state index contributed by atoms with van der Waals surface area (Å²) in [5.41, 5.74) is -0.0408. The van der Waals surface area contributed by atoms with E-state index in [-0.39, 0.29) is 12.1 Å². The van der Waals surface area contributed by atoms with Crippen molar-refractivity contribution in [3.05, 3.63) is 72.4 Å². The zero-order valence-corrected chi connectivity index (χ0v) is 20.5. The van der Waals surface area contributed by atoms with Crippen LogP contribution in [0, 0.1) is 11.6 Å². The number of nitrogens with zero attached hydrogens (tertiary/aromatic N) is 6. The molecule has 1 aliphatic heterocycles. The van der Waals surface area contributed by atoms with Crippen LogP contribution < -0.4 is 5.32 Å². The molecule has 3 heterocycles. The molecule has 190 valence electrons. The average Bonchev–Trinajstić information content (AvgIpc) is 3.53. The van der Waals surface area contributed by atoms with E-state index >= 15 is 0 Å². The number of rotatable bonds is 8. The minimum atomic E-state index is -1.78. The van der Waals surface area contributed by atoms with Gasteiger partial charge in [-0.1, -0.05) is 13.0 Å². The van der Waals surface area contributed by atoms with Gasteiger partial charge in [-0.2, -0.15) is 10.2 Å². The fourth-order valence-corrected chi connectivity index (χ4v) is 5.09. The van der Waals surface area contributed by atoms with E-state index in [1.807, 2.05) is 24.4 Å². The van der Waals surface area contributed by atoms with E-state index in [0.29, 0.717) is 6.04 Å². The van der Waals surface area contributed by atoms with Crippen molar-refractivity contribution in [2.24, 2.45) is 0 Å². The first-order valence-electron chi connectivity index (χ1n) is 12.3. The predicted octanol–water partition coefficient (Wildman–Crippen LogP) is 3.95. The molecule has 3 atom stereocenters. The van der Waals surface area contributed by atoms with Gasteiger partial charge in [0.25, 0.3) is 0 Å². The second kappa shape index (κ2) is 9.94. The summed E-state index contributed by atoms with van der Waals surface area (Å²) >= 11 is 0. The Morgan fingerprint density at radius 2 is 2.08 bits per heavy atom. The number of hydrogen-bond donors (Lipinski definition) is 2. The number of likely N-dealkylation sites (tertiary alicyclic amines) is 1. The molecular weight excluding hydrogens is 464 g/mol. The first-order valence-corrected chi connectivity index (χ1v) is 12.3. The third-order valence-corrected chi connectivity index (χ3v) is 7.20. The number of nitrogens with one attached hydrogen (secondary N) is 1. The standard InChI is InChI=1S/C26H31F2N7O/c1-3-33-10-4-5-22(14-33)31-21-7-9-25-19(11-21)13-35(32-25)18(2)26(36,15-34-17-29-16-30-34)23-8-6-20(27)12-24(23)28/h6-9,11-13,16-18,22,31,36H,3-5,10,14-15H2,1-2H3/t18-,22?,26-/m1/s1. The summed E-state index contributed by atoms with van der Waals surface area (Å²) in [6.45, 7) is 7.06. The van der Waals surface area contributed by atoms with Gasteiger partial charge in [-0.3, -0.25) is 4.68 Å². The van der Waals surface area contributed by atoms with Gasteiger partial charge in [0.15, 0.2) is 0 Å². The Labute approximate surface area is 208 Å². The van der Waals surface area contributed by atoms with E-state index in [1.54, 1.807) is 11.6 Å². The van der Waals surface area contributed by atoms with Crippen LogP contribution in [0.2, 0.25) is 0 Å². The van der Waals surface area contributed by atoms with Crippen LogP contribution in [-0.4, -0.2) is 60.2 Å². The van der Waals surface area contributed by atoms with Gasteiger partial charge in [0, 0.05) is 41.5 Å². The van der Waals surface area contributed by atoms with Gasteiger partial charge in [0.1, 0.15) is 29.9 Å². The maximum absolute atomic E-state index is 14.9. The van der Waals surface area contributed by atoms with Crippen molar-refractivity contribution in [3.8, 4) is 0 Å². The number of hydrogen-bond acceptors (Lipinski definition) is 6. The SMILES string of the molecule is CCN1CCCC(Nc2ccc3nn([C@H](C)[C@](O)(Cn4cncn4)c4ccc(F)cc4F)cc3c2)C1. The number of fused-ring (bicyclic) bond motifs is 1. The summed E-state index contributed by atoms with van der Waals surface area (Å²) in [7, 11) is 0. The third kappa shape index (κ3) is 4.83. The van der Waals surface area contributed by atoms with Gasteiger partial charge in [0.2, 0.25) is 0 Å². The Kier molecular flexibility index (Phi) is 6.72. The topological polar surface area (TPSA) is 84.0 Å². The minimum absolute atomic E-state index is 0.0356. The molecule has 0 saturated carbocycles. The summed E-state index contributed by atoms with van der Waals surface area (Å²) in [5, 5.41) is 25.2. The number of anilines is 1. The molecule has 1 unspecified atom stereocenters. The van der Waals surface area contributed by atoms with E-state index in [4.69, 9.17) is 0 Å². The molecule has 1 fully saturated rings. The minimum Gasteiger partial charge on any atom is -0.381 e. The van der Waals surface area contributed by atoms with Gasteiger partial charge in [-0.25, -0.2) is 18.4 Å². The number of likely N-dealkylation sites (N-methyl/N-ethyl adjacent to an activating group) is 1. The fourth-order valence-electron chi connectivity index (χ4n) is 5.09. The van der Waals surface area contributed by atoms with Crippen molar-refractivity contribution in [2.45, 2.75) is 50.9 Å². The molecule has 0 amide bonds. The molecule has 0 radical (unpaired) electrons. The molecule has 0 bridgehead atoms. The highest BCUT2D eigenvalue weighted by Crippen LogP contribution is 2.37. The normalized spacial score (nSPS) is 19.3. The zero-order valence-electron chi connectivity index (χ0n) is 20.5. The summed E-state index contributed by atoms with van der Waals surface area (Å²) in [5.74, 6) is -1.54. The summed E-state index contributed by atoms with van der Waals surface area (Å²) in [6, 6.07) is 8.86. The molecule has 0 spiro atoms. The monoisotopic (exact) mass is 495 g/mol. The van der Waals surface area contributed by atoms with Crippen molar-refractivity contribution in [3.63, 3.8) is 0 Å². The summed E-state index contributed by atoms with van der Waals surface area (Å²) in [6.07, 6.45) is 6.94. The molecule has 2 aromatic carbocycles. The van der Waals surface area contributed by atoms with Crippen LogP contribution in [0.1, 0.15) is 38.3 Å². The second-order valence-electron chi connectivity index (χ2n) is 9.58. The van der Waals surface area contributed by atoms with E-state index in [1.165, 1.54) is 29.8 Å². The summed E-state index contributed by atoms with van der Waals surface area (Å²) < 4.78 is 31.6. The fraction of sp³-hybridized carbons (Fsp3) is 0.423. The van der Waals surface area contributed by atoms with Gasteiger partial charge in [-0.15, -0.1) is 0 Å². The van der Waals surface area contributed by atoms with Gasteiger partial charge >= 0.3 is 0 Å². The average molecular weight is 496 g/mol. The lowest BCUT2D eigenvalue weighted by Crippen LogP contribution is -2.41. The lowest BCUT2D eigenvalue weighted by molar-refractivity contribution is -0.0366. The third-order valence-electron chi connectivity index (χ3n) is 7.20. The first kappa shape index (κ1) is 24.3. The molecule has 2 aromatic heterocycles. The Bertz CT molecular complexity index is 1330. The highest BCUT2D eigenvalue weighted by Gasteiger charge is 2.41. The highest BCUT2D eigenvalue weighted by molar-refractivity contribution is 5.82. The molecular formula is C26H31F2N7O. The van der Waals surface area contributed by atoms with Crippen LogP contribution in [0.5, 0.6) is 0 Å². The van der Waals surface area contributed by atoms with Gasteiger partial charge < -0.3 is 15.3 Å². The van der Waals surface area contributed by atoms with E-state index in [2.05, 4.69) is 32.3 Å². The molecule has 0 aliphatic carbocycles. The first-order chi connectivity index (χ1) is 17.4. The van der Waals surface area contributed by atoms with Gasteiger partial charge in [0.05, 0.1) is 18.1 Å². The number of aromatic nitrogens is 5. The molecule has 10 heteroatoms. The quantitative estimate of drug-likeness (QED) is 0.385. The Hall–Kier alpha value is -3.37.